The molecule has 0 spiro atoms. The smallest absolute Gasteiger partial charge is 0.0297 e. The molecule has 0 radical (unpaired) electrons. The Morgan fingerprint density at radius 2 is 2.29 bits per heavy atom. The third-order valence-electron chi connectivity index (χ3n) is 0.637. The van der Waals surface area contributed by atoms with E-state index in [0.29, 0.717) is 4.83 Å². The summed E-state index contributed by atoms with van der Waals surface area (Å²) in [6.45, 7) is 4.23. The number of allylic oxidation sites excluding steroid dienone is 2. The molecule has 0 aromatic heterocycles. The molecule has 0 saturated carbocycles. The highest BCUT2D eigenvalue weighted by molar-refractivity contribution is 9.09. The molecule has 0 heterocycles. The van der Waals surface area contributed by atoms with Crippen LogP contribution in [0.1, 0.15) is 20.3 Å². The summed E-state index contributed by atoms with van der Waals surface area (Å²) in [4.78, 5) is 0.535. The summed E-state index contributed by atoms with van der Waals surface area (Å²) in [7, 11) is 0. The van der Waals surface area contributed by atoms with E-state index in [1.54, 1.807) is 0 Å². The Labute approximate surface area is 53.7 Å². The van der Waals surface area contributed by atoms with Crippen molar-refractivity contribution in [3.8, 4) is 0 Å². The van der Waals surface area contributed by atoms with Crippen molar-refractivity contribution in [3.63, 3.8) is 0 Å². The standard InChI is InChI=1S/C6H11Br/c1-3-4-5-6(2)7/h4-6H,3H2,1-2H3/b5-4-. The third kappa shape index (κ3) is 6.22. The van der Waals surface area contributed by atoms with Gasteiger partial charge in [0.1, 0.15) is 0 Å². The molecular formula is C6H11Br. The van der Waals surface area contributed by atoms with Gasteiger partial charge in [0, 0.05) is 4.83 Å². The quantitative estimate of drug-likeness (QED) is 0.433. The first-order chi connectivity index (χ1) is 3.27. The first-order valence-electron chi connectivity index (χ1n) is 2.58. The second-order valence-electron chi connectivity index (χ2n) is 1.51. The van der Waals surface area contributed by atoms with Crippen molar-refractivity contribution >= 4 is 15.9 Å². The SMILES string of the molecule is CC/C=C\C(C)Br. The van der Waals surface area contributed by atoms with Gasteiger partial charge in [-0.25, -0.2) is 0 Å². The minimum atomic E-state index is 0.535. The van der Waals surface area contributed by atoms with E-state index in [2.05, 4.69) is 41.9 Å². The summed E-state index contributed by atoms with van der Waals surface area (Å²) < 4.78 is 0. The lowest BCUT2D eigenvalue weighted by molar-refractivity contribution is 1.18. The highest BCUT2D eigenvalue weighted by atomic mass is 79.9. The Bertz CT molecular complexity index is 55.2. The highest BCUT2D eigenvalue weighted by Gasteiger charge is 1.80. The van der Waals surface area contributed by atoms with Crippen molar-refractivity contribution in [2.75, 3.05) is 0 Å². The summed E-state index contributed by atoms with van der Waals surface area (Å²) in [5.41, 5.74) is 0. The van der Waals surface area contributed by atoms with Crippen LogP contribution in [0.15, 0.2) is 12.2 Å². The maximum atomic E-state index is 3.39. The molecule has 0 rings (SSSR count). The molecule has 0 saturated heterocycles. The molecule has 42 valence electrons. The van der Waals surface area contributed by atoms with Crippen molar-refractivity contribution in [1.82, 2.24) is 0 Å². The summed E-state index contributed by atoms with van der Waals surface area (Å²) in [6, 6.07) is 0. The first-order valence-corrected chi connectivity index (χ1v) is 3.49. The van der Waals surface area contributed by atoms with Crippen LogP contribution < -0.4 is 0 Å². The Balaban J connectivity index is 3.08. The van der Waals surface area contributed by atoms with Crippen molar-refractivity contribution in [2.24, 2.45) is 0 Å². The number of halogens is 1. The van der Waals surface area contributed by atoms with Crippen LogP contribution in [-0.4, -0.2) is 4.83 Å². The molecule has 0 aromatic carbocycles. The molecule has 0 nitrogen and oxygen atoms in total. The monoisotopic (exact) mass is 162 g/mol. The zero-order valence-corrected chi connectivity index (χ0v) is 6.40. The maximum Gasteiger partial charge on any atom is 0.0297 e. The average Bonchev–Trinajstić information content (AvgIpc) is 1.61. The molecule has 1 unspecified atom stereocenters. The van der Waals surface area contributed by atoms with Crippen molar-refractivity contribution in [2.45, 2.75) is 25.1 Å². The van der Waals surface area contributed by atoms with E-state index in [1.807, 2.05) is 0 Å². The lowest BCUT2D eigenvalue weighted by Crippen LogP contribution is -1.77. The summed E-state index contributed by atoms with van der Waals surface area (Å²) in [5.74, 6) is 0. The van der Waals surface area contributed by atoms with Crippen LogP contribution in [0, 0.1) is 0 Å². The fourth-order valence-corrected chi connectivity index (χ4v) is 0.539. The van der Waals surface area contributed by atoms with E-state index in [9.17, 15) is 0 Å². The summed E-state index contributed by atoms with van der Waals surface area (Å²) in [5, 5.41) is 0. The van der Waals surface area contributed by atoms with E-state index in [4.69, 9.17) is 0 Å². The molecule has 1 heteroatoms. The zero-order chi connectivity index (χ0) is 5.70. The molecule has 0 aliphatic heterocycles. The summed E-state index contributed by atoms with van der Waals surface area (Å²) in [6.07, 6.45) is 5.43. The van der Waals surface area contributed by atoms with Gasteiger partial charge in [-0.15, -0.1) is 0 Å². The van der Waals surface area contributed by atoms with E-state index < -0.39 is 0 Å². The average molecular weight is 163 g/mol. The molecule has 1 atom stereocenters. The predicted molar refractivity (Wildman–Crippen MR) is 37.8 cm³/mol. The van der Waals surface area contributed by atoms with Gasteiger partial charge in [0.15, 0.2) is 0 Å². The Morgan fingerprint density at radius 3 is 2.43 bits per heavy atom. The fraction of sp³-hybridized carbons (Fsp3) is 0.667. The van der Waals surface area contributed by atoms with Gasteiger partial charge in [0.05, 0.1) is 0 Å². The Hall–Kier alpha value is 0.220. The molecule has 0 fully saturated rings. The predicted octanol–water partition coefficient (Wildman–Crippen LogP) is 2.74. The minimum Gasteiger partial charge on any atom is -0.0877 e. The lowest BCUT2D eigenvalue weighted by Gasteiger charge is -1.86. The molecule has 7 heavy (non-hydrogen) atoms. The highest BCUT2D eigenvalue weighted by Crippen LogP contribution is 1.98. The van der Waals surface area contributed by atoms with Gasteiger partial charge in [0.2, 0.25) is 0 Å². The molecule has 0 N–H and O–H groups in total. The lowest BCUT2D eigenvalue weighted by atomic mass is 10.4. The van der Waals surface area contributed by atoms with E-state index in [1.165, 1.54) is 0 Å². The van der Waals surface area contributed by atoms with Crippen LogP contribution in [0.2, 0.25) is 0 Å². The van der Waals surface area contributed by atoms with Gasteiger partial charge < -0.3 is 0 Å². The van der Waals surface area contributed by atoms with Gasteiger partial charge >= 0.3 is 0 Å². The van der Waals surface area contributed by atoms with E-state index in [0.717, 1.165) is 6.42 Å². The van der Waals surface area contributed by atoms with Gasteiger partial charge in [0.25, 0.3) is 0 Å². The van der Waals surface area contributed by atoms with Gasteiger partial charge in [-0.05, 0) is 13.3 Å². The number of hydrogen-bond donors (Lipinski definition) is 0. The Kier molecular flexibility index (Phi) is 4.52. The largest absolute Gasteiger partial charge is 0.0877 e. The number of alkyl halides is 1. The minimum absolute atomic E-state index is 0.535. The topological polar surface area (TPSA) is 0 Å². The van der Waals surface area contributed by atoms with Crippen molar-refractivity contribution in [1.29, 1.82) is 0 Å². The zero-order valence-electron chi connectivity index (χ0n) is 4.82. The van der Waals surface area contributed by atoms with Crippen molar-refractivity contribution < 1.29 is 0 Å². The molecule has 0 aliphatic rings. The van der Waals surface area contributed by atoms with E-state index >= 15 is 0 Å². The van der Waals surface area contributed by atoms with Gasteiger partial charge in [-0.1, -0.05) is 35.0 Å². The molecule has 0 aliphatic carbocycles. The van der Waals surface area contributed by atoms with Crippen LogP contribution in [0.3, 0.4) is 0 Å². The van der Waals surface area contributed by atoms with Gasteiger partial charge in [-0.2, -0.15) is 0 Å². The fourth-order valence-electron chi connectivity index (χ4n) is 0.324. The van der Waals surface area contributed by atoms with E-state index in [-0.39, 0.29) is 0 Å². The number of rotatable bonds is 2. The van der Waals surface area contributed by atoms with Crippen molar-refractivity contribution in [3.05, 3.63) is 12.2 Å². The summed E-state index contributed by atoms with van der Waals surface area (Å²) >= 11 is 3.39. The van der Waals surface area contributed by atoms with Crippen LogP contribution in [0.5, 0.6) is 0 Å². The first kappa shape index (κ1) is 7.22. The van der Waals surface area contributed by atoms with Crippen LogP contribution in [0.25, 0.3) is 0 Å². The number of hydrogen-bond acceptors (Lipinski definition) is 0. The molecule has 0 amide bonds. The normalized spacial score (nSPS) is 15.3. The Morgan fingerprint density at radius 1 is 1.71 bits per heavy atom. The maximum absolute atomic E-state index is 3.39. The molecular weight excluding hydrogens is 152 g/mol. The van der Waals surface area contributed by atoms with Crippen LogP contribution in [-0.2, 0) is 0 Å². The molecule has 0 bridgehead atoms. The molecule has 0 aromatic rings. The third-order valence-corrected chi connectivity index (χ3v) is 0.942. The van der Waals surface area contributed by atoms with Gasteiger partial charge in [-0.3, -0.25) is 0 Å². The second kappa shape index (κ2) is 4.38. The second-order valence-corrected chi connectivity index (χ2v) is 2.96. The van der Waals surface area contributed by atoms with Crippen LogP contribution in [0.4, 0.5) is 0 Å². The van der Waals surface area contributed by atoms with Crippen LogP contribution >= 0.6 is 15.9 Å².